The maximum absolute atomic E-state index is 11.6. The third-order valence-corrected chi connectivity index (χ3v) is 6.41. The largest absolute Gasteiger partial charge is 0.346 e. The van der Waals surface area contributed by atoms with Gasteiger partial charge in [-0.3, -0.25) is 0 Å². The molecule has 0 spiro atoms. The highest BCUT2D eigenvalue weighted by atomic mass is 79.9. The van der Waals surface area contributed by atoms with Gasteiger partial charge in [-0.25, -0.2) is 9.48 Å². The fourth-order valence-electron chi connectivity index (χ4n) is 3.44. The fourth-order valence-corrected chi connectivity index (χ4v) is 4.87. The van der Waals surface area contributed by atoms with Crippen LogP contribution in [0.2, 0.25) is 0 Å². The number of thioether (sulfide) groups is 1. The molecule has 24 heavy (non-hydrogen) atoms. The molecule has 4 rings (SSSR count). The maximum Gasteiger partial charge on any atom is 0.311 e. The fraction of sp³-hybridized carbons (Fsp3) is 0.316. The molecule has 124 valence electrons. The van der Waals surface area contributed by atoms with Gasteiger partial charge in [0.05, 0.1) is 6.54 Å². The van der Waals surface area contributed by atoms with Crippen molar-refractivity contribution in [2.45, 2.75) is 18.7 Å². The zero-order valence-corrected chi connectivity index (χ0v) is 15.8. The average molecular weight is 404 g/mol. The lowest BCUT2D eigenvalue weighted by Gasteiger charge is -2.28. The third kappa shape index (κ3) is 2.89. The molecule has 0 saturated heterocycles. The van der Waals surface area contributed by atoms with Crippen LogP contribution in [0.25, 0.3) is 0 Å². The summed E-state index contributed by atoms with van der Waals surface area (Å²) in [6, 6.07) is 18.4. The van der Waals surface area contributed by atoms with Crippen LogP contribution in [-0.4, -0.2) is 38.6 Å². The Morgan fingerprint density at radius 3 is 2.62 bits per heavy atom. The molecule has 0 fully saturated rings. The van der Waals surface area contributed by atoms with Crippen LogP contribution in [-0.2, 0) is 12.3 Å². The molecule has 2 aromatic rings. The number of amidine groups is 1. The Hall–Kier alpha value is -1.30. The first-order chi connectivity index (χ1) is 11.7. The highest BCUT2D eigenvalue weighted by Crippen LogP contribution is 2.37. The van der Waals surface area contributed by atoms with Crippen molar-refractivity contribution in [3.63, 3.8) is 0 Å². The molecular weight excluding hydrogens is 384 g/mol. The van der Waals surface area contributed by atoms with Gasteiger partial charge in [0, 0.05) is 15.8 Å². The van der Waals surface area contributed by atoms with Gasteiger partial charge in [0.15, 0.2) is 6.54 Å². The van der Waals surface area contributed by atoms with Gasteiger partial charge in [-0.2, -0.15) is 0 Å². The number of hydrogen-bond acceptors (Lipinski definition) is 3. The van der Waals surface area contributed by atoms with Crippen molar-refractivity contribution in [3.05, 3.63) is 70.2 Å². The Morgan fingerprint density at radius 2 is 1.88 bits per heavy atom. The van der Waals surface area contributed by atoms with E-state index < -0.39 is 5.72 Å². The molecule has 0 amide bonds. The number of halogens is 1. The molecule has 2 heterocycles. The molecule has 2 aliphatic rings. The average Bonchev–Trinajstić information content (AvgIpc) is 2.90. The standard InChI is InChI=1S/C19H20BrN2OS/c20-17-9-7-16(8-10-17)19(23)14-21-11-4-12-24-18(21)22(19)13-15-5-2-1-3-6-15/h1-3,5-10,23H,4,11-14H2/q+1/t19-/m1/s1. The Balaban J connectivity index is 1.73. The van der Waals surface area contributed by atoms with E-state index in [0.717, 1.165) is 22.3 Å². The van der Waals surface area contributed by atoms with Crippen LogP contribution in [0.3, 0.4) is 0 Å². The summed E-state index contributed by atoms with van der Waals surface area (Å²) in [4.78, 5) is 2.18. The molecule has 0 unspecified atom stereocenters. The quantitative estimate of drug-likeness (QED) is 0.792. The van der Waals surface area contributed by atoms with E-state index in [2.05, 4.69) is 49.7 Å². The molecule has 0 aromatic heterocycles. The predicted octanol–water partition coefficient (Wildman–Crippen LogP) is 3.62. The smallest absolute Gasteiger partial charge is 0.311 e. The van der Waals surface area contributed by atoms with Gasteiger partial charge in [-0.15, -0.1) is 0 Å². The summed E-state index contributed by atoms with van der Waals surface area (Å²) in [6.07, 6.45) is 1.17. The lowest BCUT2D eigenvalue weighted by molar-refractivity contribution is -0.532. The summed E-state index contributed by atoms with van der Waals surface area (Å²) in [5, 5.41) is 12.8. The van der Waals surface area contributed by atoms with Gasteiger partial charge in [-0.05, 0) is 35.9 Å². The number of benzene rings is 2. The van der Waals surface area contributed by atoms with Crippen molar-refractivity contribution in [2.24, 2.45) is 0 Å². The predicted molar refractivity (Wildman–Crippen MR) is 102 cm³/mol. The first kappa shape index (κ1) is 16.2. The van der Waals surface area contributed by atoms with Crippen LogP contribution in [0.15, 0.2) is 59.1 Å². The molecule has 2 aromatic carbocycles. The molecule has 2 aliphatic heterocycles. The van der Waals surface area contributed by atoms with E-state index in [-0.39, 0.29) is 0 Å². The number of nitrogens with zero attached hydrogens (tertiary/aromatic N) is 2. The van der Waals surface area contributed by atoms with Gasteiger partial charge in [0.1, 0.15) is 6.54 Å². The zero-order valence-electron chi connectivity index (χ0n) is 13.4. The van der Waals surface area contributed by atoms with Gasteiger partial charge in [0.2, 0.25) is 0 Å². The lowest BCUT2D eigenvalue weighted by atomic mass is 10.0. The van der Waals surface area contributed by atoms with E-state index in [1.807, 2.05) is 42.1 Å². The molecule has 0 saturated carbocycles. The van der Waals surface area contributed by atoms with E-state index >= 15 is 0 Å². The molecule has 0 aliphatic carbocycles. The summed E-state index contributed by atoms with van der Waals surface area (Å²) in [6.45, 7) is 2.36. The van der Waals surface area contributed by atoms with Crippen molar-refractivity contribution in [3.8, 4) is 0 Å². The molecule has 0 radical (unpaired) electrons. The summed E-state index contributed by atoms with van der Waals surface area (Å²) in [5.41, 5.74) is 1.18. The van der Waals surface area contributed by atoms with Crippen LogP contribution in [0, 0.1) is 0 Å². The second kappa shape index (κ2) is 6.54. The Bertz CT molecular complexity index is 763. The highest BCUT2D eigenvalue weighted by molar-refractivity contribution is 9.10. The second-order valence-electron chi connectivity index (χ2n) is 6.30. The van der Waals surface area contributed by atoms with Crippen molar-refractivity contribution in [2.75, 3.05) is 18.8 Å². The summed E-state index contributed by atoms with van der Waals surface area (Å²) in [5.74, 6) is 1.12. The number of hydrogen-bond donors (Lipinski definition) is 1. The molecule has 0 bridgehead atoms. The monoisotopic (exact) mass is 403 g/mol. The van der Waals surface area contributed by atoms with Gasteiger partial charge >= 0.3 is 5.17 Å². The molecule has 1 N–H and O–H groups in total. The van der Waals surface area contributed by atoms with Gasteiger partial charge < -0.3 is 5.11 Å². The minimum absolute atomic E-state index is 0.629. The van der Waals surface area contributed by atoms with Crippen LogP contribution < -0.4 is 0 Å². The molecule has 3 nitrogen and oxygen atoms in total. The summed E-state index contributed by atoms with van der Waals surface area (Å²) < 4.78 is 3.36. The Morgan fingerprint density at radius 1 is 1.12 bits per heavy atom. The van der Waals surface area contributed by atoms with E-state index in [9.17, 15) is 5.11 Å². The first-order valence-corrected chi connectivity index (χ1v) is 9.99. The van der Waals surface area contributed by atoms with Crippen molar-refractivity contribution < 1.29 is 9.68 Å². The van der Waals surface area contributed by atoms with Crippen LogP contribution in [0.4, 0.5) is 0 Å². The van der Waals surface area contributed by atoms with Crippen LogP contribution >= 0.6 is 27.7 Å². The minimum Gasteiger partial charge on any atom is -0.346 e. The molecule has 5 heteroatoms. The zero-order chi connectivity index (χ0) is 16.6. The lowest BCUT2D eigenvalue weighted by Crippen LogP contribution is -2.45. The minimum atomic E-state index is -0.983. The number of rotatable bonds is 3. The molecular formula is C19H20BrN2OS+. The van der Waals surface area contributed by atoms with Crippen LogP contribution in [0.5, 0.6) is 0 Å². The van der Waals surface area contributed by atoms with Crippen molar-refractivity contribution >= 4 is 32.9 Å². The Labute approximate surface area is 155 Å². The normalized spacial score (nSPS) is 23.5. The van der Waals surface area contributed by atoms with Gasteiger partial charge in [0.25, 0.3) is 5.72 Å². The van der Waals surface area contributed by atoms with E-state index in [0.29, 0.717) is 13.1 Å². The maximum atomic E-state index is 11.6. The van der Waals surface area contributed by atoms with Crippen molar-refractivity contribution in [1.29, 1.82) is 0 Å². The van der Waals surface area contributed by atoms with E-state index in [1.54, 1.807) is 0 Å². The second-order valence-corrected chi connectivity index (χ2v) is 8.28. The van der Waals surface area contributed by atoms with Crippen LogP contribution in [0.1, 0.15) is 17.5 Å². The number of aliphatic hydroxyl groups is 1. The van der Waals surface area contributed by atoms with E-state index in [4.69, 9.17) is 0 Å². The highest BCUT2D eigenvalue weighted by Gasteiger charge is 2.53. The Kier molecular flexibility index (Phi) is 4.41. The summed E-state index contributed by atoms with van der Waals surface area (Å²) >= 11 is 5.35. The van der Waals surface area contributed by atoms with E-state index in [1.165, 1.54) is 17.2 Å². The summed E-state index contributed by atoms with van der Waals surface area (Å²) in [7, 11) is 0. The van der Waals surface area contributed by atoms with Crippen molar-refractivity contribution in [1.82, 2.24) is 4.90 Å². The third-order valence-electron chi connectivity index (χ3n) is 4.65. The van der Waals surface area contributed by atoms with Gasteiger partial charge in [-0.1, -0.05) is 58.4 Å². The topological polar surface area (TPSA) is 26.5 Å². The molecule has 1 atom stereocenters. The SMILES string of the molecule is O[C@@]1(c2ccc(Br)cc2)C[N+]2=C(SCCC2)N1Cc1ccccc1. The first-order valence-electron chi connectivity index (χ1n) is 8.21.